The van der Waals surface area contributed by atoms with Gasteiger partial charge >= 0.3 is 0 Å². The summed E-state index contributed by atoms with van der Waals surface area (Å²) in [7, 11) is 0. The van der Waals surface area contributed by atoms with Crippen LogP contribution in [0.3, 0.4) is 0 Å². The Morgan fingerprint density at radius 3 is 2.85 bits per heavy atom. The van der Waals surface area contributed by atoms with Crippen molar-refractivity contribution in [3.05, 3.63) is 16.4 Å². The number of halogens is 1. The van der Waals surface area contributed by atoms with Crippen molar-refractivity contribution in [1.82, 2.24) is 15.1 Å². The van der Waals surface area contributed by atoms with E-state index in [0.29, 0.717) is 5.92 Å². The molecule has 3 nitrogen and oxygen atoms in total. The van der Waals surface area contributed by atoms with Gasteiger partial charge in [-0.3, -0.25) is 4.68 Å². The maximum Gasteiger partial charge on any atom is 0.0635 e. The molecule has 1 saturated carbocycles. The molecular weight excluding hydrogens is 314 g/mol. The van der Waals surface area contributed by atoms with Crippen LogP contribution in [0.2, 0.25) is 0 Å². The maximum atomic E-state index is 4.50. The fraction of sp³-hybridized carbons (Fsp3) is 0.812. The summed E-state index contributed by atoms with van der Waals surface area (Å²) in [6.07, 6.45) is 7.34. The first-order valence-corrected chi connectivity index (χ1v) is 8.84. The van der Waals surface area contributed by atoms with Crippen LogP contribution < -0.4 is 5.32 Å². The monoisotopic (exact) mass is 341 g/mol. The molecule has 20 heavy (non-hydrogen) atoms. The van der Waals surface area contributed by atoms with Gasteiger partial charge in [0.25, 0.3) is 0 Å². The summed E-state index contributed by atoms with van der Waals surface area (Å²) in [6, 6.07) is 0. The minimum absolute atomic E-state index is 0.653. The lowest BCUT2D eigenvalue weighted by molar-refractivity contribution is 0.280. The van der Waals surface area contributed by atoms with E-state index in [4.69, 9.17) is 0 Å². The third-order valence-corrected chi connectivity index (χ3v) is 4.96. The molecule has 1 N–H and O–H groups in total. The first kappa shape index (κ1) is 16.0. The number of hydrogen-bond acceptors (Lipinski definition) is 2. The van der Waals surface area contributed by atoms with Gasteiger partial charge in [-0.2, -0.15) is 5.10 Å². The van der Waals surface area contributed by atoms with Gasteiger partial charge in [0.1, 0.15) is 0 Å². The predicted octanol–water partition coefficient (Wildman–Crippen LogP) is 4.18. The van der Waals surface area contributed by atoms with Crippen molar-refractivity contribution in [3.63, 3.8) is 0 Å². The van der Waals surface area contributed by atoms with E-state index in [-0.39, 0.29) is 0 Å². The smallest absolute Gasteiger partial charge is 0.0635 e. The van der Waals surface area contributed by atoms with Gasteiger partial charge in [0, 0.05) is 12.5 Å². The van der Waals surface area contributed by atoms with Gasteiger partial charge in [0.05, 0.1) is 16.4 Å². The van der Waals surface area contributed by atoms with Crippen molar-refractivity contribution in [3.8, 4) is 0 Å². The van der Waals surface area contributed by atoms with Gasteiger partial charge in [0.15, 0.2) is 0 Å². The minimum atomic E-state index is 0.653. The molecule has 4 heteroatoms. The van der Waals surface area contributed by atoms with Crippen molar-refractivity contribution in [2.45, 2.75) is 58.9 Å². The van der Waals surface area contributed by atoms with E-state index >= 15 is 0 Å². The van der Waals surface area contributed by atoms with Crippen LogP contribution in [0.15, 0.2) is 10.7 Å². The molecule has 1 aromatic rings. The molecule has 1 aromatic heterocycles. The van der Waals surface area contributed by atoms with E-state index in [0.717, 1.165) is 31.5 Å². The fourth-order valence-electron chi connectivity index (χ4n) is 3.36. The fourth-order valence-corrected chi connectivity index (χ4v) is 3.95. The summed E-state index contributed by atoms with van der Waals surface area (Å²) < 4.78 is 3.37. The SMILES string of the molecule is CCn1ncc(Br)c1C1CCCCC1CNCC(C)C. The Morgan fingerprint density at radius 2 is 2.15 bits per heavy atom. The Bertz CT molecular complexity index is 414. The highest BCUT2D eigenvalue weighted by atomic mass is 79.9. The molecule has 0 aliphatic heterocycles. The molecule has 0 radical (unpaired) electrons. The van der Waals surface area contributed by atoms with Gasteiger partial charge < -0.3 is 5.32 Å². The first-order chi connectivity index (χ1) is 9.63. The summed E-state index contributed by atoms with van der Waals surface area (Å²) in [6.45, 7) is 9.95. The first-order valence-electron chi connectivity index (χ1n) is 8.05. The quantitative estimate of drug-likeness (QED) is 0.840. The molecule has 114 valence electrons. The molecule has 0 saturated heterocycles. The number of nitrogens with zero attached hydrogens (tertiary/aromatic N) is 2. The average Bonchev–Trinajstić information content (AvgIpc) is 2.80. The average molecular weight is 342 g/mol. The van der Waals surface area contributed by atoms with E-state index in [2.05, 4.69) is 51.8 Å². The van der Waals surface area contributed by atoms with E-state index in [1.807, 2.05) is 6.20 Å². The van der Waals surface area contributed by atoms with Crippen LogP contribution in [0.1, 0.15) is 58.1 Å². The Labute approximate surface area is 131 Å². The van der Waals surface area contributed by atoms with Gasteiger partial charge in [-0.25, -0.2) is 0 Å². The van der Waals surface area contributed by atoms with E-state index in [1.165, 1.54) is 35.8 Å². The largest absolute Gasteiger partial charge is 0.316 e. The van der Waals surface area contributed by atoms with Crippen LogP contribution in [0, 0.1) is 11.8 Å². The number of aryl methyl sites for hydroxylation is 1. The highest BCUT2D eigenvalue weighted by molar-refractivity contribution is 9.10. The van der Waals surface area contributed by atoms with Crippen LogP contribution >= 0.6 is 15.9 Å². The molecule has 0 amide bonds. The van der Waals surface area contributed by atoms with Gasteiger partial charge in [0.2, 0.25) is 0 Å². The molecule has 1 heterocycles. The predicted molar refractivity (Wildman–Crippen MR) is 88.0 cm³/mol. The van der Waals surface area contributed by atoms with Crippen LogP contribution in [0.25, 0.3) is 0 Å². The van der Waals surface area contributed by atoms with Gasteiger partial charge in [-0.05, 0) is 60.6 Å². The number of hydrogen-bond donors (Lipinski definition) is 1. The van der Waals surface area contributed by atoms with Crippen molar-refractivity contribution in [2.75, 3.05) is 13.1 Å². The molecule has 1 fully saturated rings. The normalized spacial score (nSPS) is 23.4. The third-order valence-electron chi connectivity index (χ3n) is 4.35. The van der Waals surface area contributed by atoms with Crippen molar-refractivity contribution in [1.29, 1.82) is 0 Å². The summed E-state index contributed by atoms with van der Waals surface area (Å²) >= 11 is 3.71. The van der Waals surface area contributed by atoms with E-state index < -0.39 is 0 Å². The van der Waals surface area contributed by atoms with Crippen LogP contribution in [-0.4, -0.2) is 22.9 Å². The molecule has 2 rings (SSSR count). The topological polar surface area (TPSA) is 29.9 Å². The summed E-state index contributed by atoms with van der Waals surface area (Å²) in [5.74, 6) is 2.13. The lowest BCUT2D eigenvalue weighted by Gasteiger charge is -2.32. The zero-order chi connectivity index (χ0) is 14.5. The molecule has 1 aliphatic rings. The van der Waals surface area contributed by atoms with Crippen LogP contribution in [0.5, 0.6) is 0 Å². The third kappa shape index (κ3) is 3.85. The molecule has 0 bridgehead atoms. The number of nitrogens with one attached hydrogen (secondary N) is 1. The second kappa shape index (κ2) is 7.60. The lowest BCUT2D eigenvalue weighted by Crippen LogP contribution is -2.32. The molecule has 0 spiro atoms. The Kier molecular flexibility index (Phi) is 6.09. The van der Waals surface area contributed by atoms with Crippen molar-refractivity contribution < 1.29 is 0 Å². The zero-order valence-corrected chi connectivity index (χ0v) is 14.6. The summed E-state index contributed by atoms with van der Waals surface area (Å²) in [5.41, 5.74) is 1.42. The lowest BCUT2D eigenvalue weighted by atomic mass is 9.77. The Hall–Kier alpha value is -0.350. The molecule has 2 unspecified atom stereocenters. The molecule has 1 aliphatic carbocycles. The van der Waals surface area contributed by atoms with E-state index in [1.54, 1.807) is 0 Å². The highest BCUT2D eigenvalue weighted by Gasteiger charge is 2.30. The molecule has 0 aromatic carbocycles. The second-order valence-electron chi connectivity index (χ2n) is 6.40. The summed E-state index contributed by atoms with van der Waals surface area (Å²) in [5, 5.41) is 8.16. The molecule has 2 atom stereocenters. The molecular formula is C16H28BrN3. The standard InChI is InChI=1S/C16H28BrN3/c1-4-20-16(15(17)11-19-20)14-8-6-5-7-13(14)10-18-9-12(2)3/h11-14,18H,4-10H2,1-3H3. The number of rotatable bonds is 6. The zero-order valence-electron chi connectivity index (χ0n) is 13.0. The Morgan fingerprint density at radius 1 is 1.40 bits per heavy atom. The Balaban J connectivity index is 2.08. The highest BCUT2D eigenvalue weighted by Crippen LogP contribution is 2.40. The van der Waals surface area contributed by atoms with Crippen LogP contribution in [-0.2, 0) is 6.54 Å². The van der Waals surface area contributed by atoms with Crippen molar-refractivity contribution in [2.24, 2.45) is 11.8 Å². The van der Waals surface area contributed by atoms with Gasteiger partial charge in [-0.1, -0.05) is 26.7 Å². The van der Waals surface area contributed by atoms with Crippen molar-refractivity contribution >= 4 is 15.9 Å². The van der Waals surface area contributed by atoms with E-state index in [9.17, 15) is 0 Å². The minimum Gasteiger partial charge on any atom is -0.316 e. The number of aromatic nitrogens is 2. The maximum absolute atomic E-state index is 4.50. The van der Waals surface area contributed by atoms with Crippen LogP contribution in [0.4, 0.5) is 0 Å². The second-order valence-corrected chi connectivity index (χ2v) is 7.25. The van der Waals surface area contributed by atoms with Gasteiger partial charge in [-0.15, -0.1) is 0 Å². The summed E-state index contributed by atoms with van der Waals surface area (Å²) in [4.78, 5) is 0.